The smallest absolute Gasteiger partial charge is 0.211 e. The minimum absolute atomic E-state index is 0. The first-order valence-electron chi connectivity index (χ1n) is 6.20. The number of fused-ring (bicyclic) bond motifs is 2. The Morgan fingerprint density at radius 1 is 1.05 bits per heavy atom. The number of methoxy groups -OCH3 is 2. The summed E-state index contributed by atoms with van der Waals surface area (Å²) in [5, 5.41) is 2.32. The van der Waals surface area contributed by atoms with Crippen molar-refractivity contribution in [3.8, 4) is 11.5 Å². The first-order chi connectivity index (χ1) is 9.24. The van der Waals surface area contributed by atoms with Gasteiger partial charge in [0.05, 0.1) is 19.6 Å². The molecule has 0 saturated heterocycles. The van der Waals surface area contributed by atoms with Gasteiger partial charge >= 0.3 is 0 Å². The summed E-state index contributed by atoms with van der Waals surface area (Å²) in [5.74, 6) is 1.57. The van der Waals surface area contributed by atoms with E-state index < -0.39 is 0 Å². The van der Waals surface area contributed by atoms with E-state index in [2.05, 4.69) is 29.7 Å². The molecular formula is C16H16BrNO2. The topological polar surface area (TPSA) is 22.6 Å². The third kappa shape index (κ3) is 2.20. The van der Waals surface area contributed by atoms with Gasteiger partial charge in [0.1, 0.15) is 0 Å². The van der Waals surface area contributed by atoms with Crippen molar-refractivity contribution in [2.75, 3.05) is 14.2 Å². The summed E-state index contributed by atoms with van der Waals surface area (Å²) in [4.78, 5) is 0. The summed E-state index contributed by atoms with van der Waals surface area (Å²) in [5.41, 5.74) is 2.25. The van der Waals surface area contributed by atoms with Crippen LogP contribution in [-0.4, -0.2) is 14.2 Å². The van der Waals surface area contributed by atoms with Crippen molar-refractivity contribution in [2.45, 2.75) is 6.92 Å². The lowest BCUT2D eigenvalue weighted by molar-refractivity contribution is -0.510. The van der Waals surface area contributed by atoms with Gasteiger partial charge < -0.3 is 26.5 Å². The summed E-state index contributed by atoms with van der Waals surface area (Å²) in [6.45, 7) is 2.05. The average Bonchev–Trinajstić information content (AvgIpc) is 2.45. The number of aromatic nitrogens is 1. The van der Waals surface area contributed by atoms with Crippen molar-refractivity contribution in [1.29, 1.82) is 0 Å². The molecule has 20 heavy (non-hydrogen) atoms. The molecule has 2 aromatic heterocycles. The molecular weight excluding hydrogens is 318 g/mol. The Balaban J connectivity index is 0.00000147. The minimum atomic E-state index is 0. The van der Waals surface area contributed by atoms with Crippen LogP contribution >= 0.6 is 0 Å². The van der Waals surface area contributed by atoms with Crippen molar-refractivity contribution in [2.24, 2.45) is 0 Å². The van der Waals surface area contributed by atoms with E-state index >= 15 is 0 Å². The molecule has 0 aliphatic heterocycles. The van der Waals surface area contributed by atoms with Gasteiger partial charge in [0.2, 0.25) is 5.52 Å². The van der Waals surface area contributed by atoms with Crippen molar-refractivity contribution < 1.29 is 30.9 Å². The molecule has 0 radical (unpaired) electrons. The molecule has 0 saturated carbocycles. The van der Waals surface area contributed by atoms with E-state index in [1.165, 1.54) is 5.39 Å². The van der Waals surface area contributed by atoms with Gasteiger partial charge in [-0.15, -0.1) is 0 Å². The lowest BCUT2D eigenvalue weighted by Crippen LogP contribution is -3.00. The van der Waals surface area contributed by atoms with Crippen LogP contribution in [0.2, 0.25) is 0 Å². The number of pyridine rings is 2. The standard InChI is InChI=1S/C16H16NO2.BrH/c1-11-14-10-17-7-5-4-6-13(17)8-12(14)9-15(18-2)16(11)19-3;/h4-10H,1-3H3;1H/q+1;/p-1. The normalized spacial score (nSPS) is 10.3. The molecule has 2 heterocycles. The summed E-state index contributed by atoms with van der Waals surface area (Å²) >= 11 is 0. The number of ether oxygens (including phenoxy) is 2. The lowest BCUT2D eigenvalue weighted by atomic mass is 10.0. The Morgan fingerprint density at radius 3 is 2.55 bits per heavy atom. The number of hydrogen-bond acceptors (Lipinski definition) is 2. The minimum Gasteiger partial charge on any atom is -1.00 e. The number of aryl methyl sites for hydroxylation is 1. The molecule has 0 spiro atoms. The first-order valence-corrected chi connectivity index (χ1v) is 6.20. The van der Waals surface area contributed by atoms with Gasteiger partial charge in [-0.1, -0.05) is 0 Å². The van der Waals surface area contributed by atoms with Crippen molar-refractivity contribution in [1.82, 2.24) is 0 Å². The van der Waals surface area contributed by atoms with Crippen LogP contribution in [0.1, 0.15) is 5.56 Å². The first kappa shape index (κ1) is 14.6. The molecule has 0 fully saturated rings. The van der Waals surface area contributed by atoms with Gasteiger partial charge in [-0.3, -0.25) is 0 Å². The van der Waals surface area contributed by atoms with Crippen molar-refractivity contribution >= 4 is 16.3 Å². The predicted octanol–water partition coefficient (Wildman–Crippen LogP) is -0.0919. The highest BCUT2D eigenvalue weighted by molar-refractivity contribution is 5.90. The van der Waals surface area contributed by atoms with Crippen LogP contribution in [0.15, 0.2) is 42.7 Å². The Kier molecular flexibility index (Phi) is 4.14. The number of nitrogens with zero attached hydrogens (tertiary/aromatic N) is 1. The van der Waals surface area contributed by atoms with Crippen LogP contribution in [0.5, 0.6) is 11.5 Å². The largest absolute Gasteiger partial charge is 1.00 e. The molecule has 0 atom stereocenters. The maximum Gasteiger partial charge on any atom is 0.211 e. The van der Waals surface area contributed by atoms with Gasteiger partial charge in [-0.2, -0.15) is 4.40 Å². The molecule has 0 unspecified atom stereocenters. The molecule has 0 aliphatic rings. The second-order valence-corrected chi connectivity index (χ2v) is 4.55. The highest BCUT2D eigenvalue weighted by Crippen LogP contribution is 2.36. The Bertz CT molecular complexity index is 771. The number of halogens is 1. The maximum absolute atomic E-state index is 5.45. The fourth-order valence-electron chi connectivity index (χ4n) is 2.51. The average molecular weight is 334 g/mol. The zero-order valence-corrected chi connectivity index (χ0v) is 13.3. The number of hydrogen-bond donors (Lipinski definition) is 0. The molecule has 1 aromatic carbocycles. The summed E-state index contributed by atoms with van der Waals surface area (Å²) < 4.78 is 13.0. The van der Waals surface area contributed by atoms with E-state index in [1.54, 1.807) is 14.2 Å². The fraction of sp³-hybridized carbons (Fsp3) is 0.188. The summed E-state index contributed by atoms with van der Waals surface area (Å²) in [7, 11) is 3.34. The third-order valence-corrected chi connectivity index (χ3v) is 3.48. The Labute approximate surface area is 128 Å². The van der Waals surface area contributed by atoms with Gasteiger partial charge in [-0.05, 0) is 24.4 Å². The summed E-state index contributed by atoms with van der Waals surface area (Å²) in [6, 6.07) is 10.3. The van der Waals surface area contributed by atoms with Crippen LogP contribution in [0.25, 0.3) is 16.3 Å². The SMILES string of the molecule is COc1cc2cc3cccc[n+]3cc2c(C)c1OC.[Br-]. The molecule has 4 heteroatoms. The second-order valence-electron chi connectivity index (χ2n) is 4.55. The van der Waals surface area contributed by atoms with Crippen LogP contribution in [-0.2, 0) is 0 Å². The highest BCUT2D eigenvalue weighted by Gasteiger charge is 2.14. The molecule has 3 nitrogen and oxygen atoms in total. The van der Waals surface area contributed by atoms with E-state index in [4.69, 9.17) is 9.47 Å². The predicted molar refractivity (Wildman–Crippen MR) is 74.9 cm³/mol. The van der Waals surface area contributed by atoms with E-state index in [0.717, 1.165) is 28.0 Å². The van der Waals surface area contributed by atoms with E-state index in [9.17, 15) is 0 Å². The van der Waals surface area contributed by atoms with Crippen LogP contribution in [0, 0.1) is 6.92 Å². The Morgan fingerprint density at radius 2 is 1.85 bits per heavy atom. The van der Waals surface area contributed by atoms with Gasteiger partial charge in [-0.25, -0.2) is 0 Å². The van der Waals surface area contributed by atoms with Crippen LogP contribution < -0.4 is 30.9 Å². The van der Waals surface area contributed by atoms with Gasteiger partial charge in [0, 0.05) is 23.8 Å². The van der Waals surface area contributed by atoms with Crippen molar-refractivity contribution in [3.05, 3.63) is 48.3 Å². The van der Waals surface area contributed by atoms with E-state index in [1.807, 2.05) is 24.4 Å². The fourth-order valence-corrected chi connectivity index (χ4v) is 2.51. The zero-order chi connectivity index (χ0) is 13.4. The monoisotopic (exact) mass is 333 g/mol. The summed E-state index contributed by atoms with van der Waals surface area (Å²) in [6.07, 6.45) is 4.17. The molecule has 0 N–H and O–H groups in total. The second kappa shape index (κ2) is 5.67. The zero-order valence-electron chi connectivity index (χ0n) is 11.7. The Hall–Kier alpha value is -1.81. The third-order valence-electron chi connectivity index (χ3n) is 3.48. The number of rotatable bonds is 2. The molecule has 3 rings (SSSR count). The quantitative estimate of drug-likeness (QED) is 0.483. The number of benzene rings is 1. The lowest BCUT2D eigenvalue weighted by Gasteiger charge is -2.12. The van der Waals surface area contributed by atoms with Crippen molar-refractivity contribution in [3.63, 3.8) is 0 Å². The van der Waals surface area contributed by atoms with E-state index in [0.29, 0.717) is 0 Å². The van der Waals surface area contributed by atoms with Gasteiger partial charge in [0.25, 0.3) is 0 Å². The van der Waals surface area contributed by atoms with E-state index in [-0.39, 0.29) is 17.0 Å². The molecule has 0 bridgehead atoms. The van der Waals surface area contributed by atoms with Gasteiger partial charge in [0.15, 0.2) is 23.9 Å². The van der Waals surface area contributed by atoms with Crippen LogP contribution in [0.4, 0.5) is 0 Å². The highest BCUT2D eigenvalue weighted by atomic mass is 79.9. The van der Waals surface area contributed by atoms with Crippen LogP contribution in [0.3, 0.4) is 0 Å². The maximum atomic E-state index is 5.45. The molecule has 0 aliphatic carbocycles. The molecule has 3 aromatic rings. The molecule has 0 amide bonds. The molecule has 104 valence electrons.